The molecule has 0 radical (unpaired) electrons. The van der Waals surface area contributed by atoms with Crippen LogP contribution in [0.25, 0.3) is 0 Å². The van der Waals surface area contributed by atoms with E-state index in [9.17, 15) is 0 Å². The monoisotopic (exact) mass is 173 g/mol. The predicted octanol–water partition coefficient (Wildman–Crippen LogP) is 3.26. The zero-order valence-electron chi connectivity index (χ0n) is 8.03. The largest absolute Gasteiger partial charge is 0.269 e. The average Bonchev–Trinajstić information content (AvgIpc) is 2.20. The molecule has 0 aromatic carbocycles. The van der Waals surface area contributed by atoms with E-state index in [1.54, 1.807) is 0 Å². The van der Waals surface area contributed by atoms with E-state index in [-0.39, 0.29) is 0 Å². The maximum absolute atomic E-state index is 4.09. The van der Waals surface area contributed by atoms with Crippen LogP contribution in [0.3, 0.4) is 0 Å². The lowest BCUT2D eigenvalue weighted by Crippen LogP contribution is -2.07. The van der Waals surface area contributed by atoms with Gasteiger partial charge in [0.25, 0.3) is 0 Å². The average molecular weight is 173 g/mol. The van der Waals surface area contributed by atoms with E-state index in [2.05, 4.69) is 30.1 Å². The molecular formula is C12H15N. The molecule has 0 spiro atoms. The number of nitrogens with zero attached hydrogens (tertiary/aromatic N) is 1. The van der Waals surface area contributed by atoms with E-state index >= 15 is 0 Å². The summed E-state index contributed by atoms with van der Waals surface area (Å²) >= 11 is 0. The van der Waals surface area contributed by atoms with Crippen molar-refractivity contribution < 1.29 is 0 Å². The van der Waals surface area contributed by atoms with E-state index in [0.717, 1.165) is 6.42 Å². The van der Waals surface area contributed by atoms with Crippen LogP contribution in [0.1, 0.15) is 26.2 Å². The van der Waals surface area contributed by atoms with E-state index in [0.29, 0.717) is 5.92 Å². The van der Waals surface area contributed by atoms with Crippen LogP contribution in [0.5, 0.6) is 0 Å². The van der Waals surface area contributed by atoms with E-state index < -0.39 is 0 Å². The zero-order chi connectivity index (χ0) is 9.10. The van der Waals surface area contributed by atoms with Gasteiger partial charge in [-0.3, -0.25) is 4.99 Å². The lowest BCUT2D eigenvalue weighted by molar-refractivity contribution is 0.780. The van der Waals surface area contributed by atoms with Crippen LogP contribution in [-0.4, -0.2) is 6.21 Å². The van der Waals surface area contributed by atoms with Gasteiger partial charge in [-0.25, -0.2) is 0 Å². The fourth-order valence-corrected chi connectivity index (χ4v) is 1.96. The Morgan fingerprint density at radius 2 is 2.15 bits per heavy atom. The van der Waals surface area contributed by atoms with E-state index in [1.165, 1.54) is 24.0 Å². The third kappa shape index (κ3) is 1.80. The lowest BCUT2D eigenvalue weighted by atomic mass is 9.86. The van der Waals surface area contributed by atoms with Crippen LogP contribution < -0.4 is 0 Å². The molecule has 0 aromatic heterocycles. The van der Waals surface area contributed by atoms with E-state index in [4.69, 9.17) is 0 Å². The van der Waals surface area contributed by atoms with E-state index in [1.807, 2.05) is 12.4 Å². The normalized spacial score (nSPS) is 27.0. The second kappa shape index (κ2) is 3.73. The van der Waals surface area contributed by atoms with Crippen molar-refractivity contribution in [3.63, 3.8) is 0 Å². The summed E-state index contributed by atoms with van der Waals surface area (Å²) in [4.78, 5) is 4.09. The highest BCUT2D eigenvalue weighted by Gasteiger charge is 2.14. The summed E-state index contributed by atoms with van der Waals surface area (Å²) in [6, 6.07) is 0. The van der Waals surface area contributed by atoms with Crippen molar-refractivity contribution in [1.82, 2.24) is 0 Å². The minimum absolute atomic E-state index is 0.578. The molecule has 1 atom stereocenters. The molecule has 0 fully saturated rings. The van der Waals surface area contributed by atoms with Gasteiger partial charge < -0.3 is 0 Å². The number of hydrogen-bond acceptors (Lipinski definition) is 1. The first kappa shape index (κ1) is 8.49. The van der Waals surface area contributed by atoms with Gasteiger partial charge >= 0.3 is 0 Å². The molecule has 1 aliphatic heterocycles. The van der Waals surface area contributed by atoms with Gasteiger partial charge in [-0.1, -0.05) is 23.8 Å². The molecule has 68 valence electrons. The van der Waals surface area contributed by atoms with Gasteiger partial charge in [0.1, 0.15) is 0 Å². The Balaban J connectivity index is 2.16. The highest BCUT2D eigenvalue weighted by molar-refractivity contribution is 5.62. The lowest BCUT2D eigenvalue weighted by Gasteiger charge is -2.20. The highest BCUT2D eigenvalue weighted by Crippen LogP contribution is 2.28. The van der Waals surface area contributed by atoms with Crippen molar-refractivity contribution in [3.8, 4) is 0 Å². The standard InChI is InChI=1S/C12H15N/c1-10-4-2-3-5-12(10)11-6-8-13-9-7-11/h4-6,8-9,11H,2-3,7H2,1H3. The van der Waals surface area contributed by atoms with Gasteiger partial charge in [-0.05, 0) is 31.8 Å². The Bertz CT molecular complexity index is 305. The van der Waals surface area contributed by atoms with Crippen LogP contribution in [0.15, 0.2) is 40.6 Å². The molecule has 1 aliphatic carbocycles. The maximum atomic E-state index is 4.09. The first-order chi connectivity index (χ1) is 6.38. The molecule has 1 heterocycles. The summed E-state index contributed by atoms with van der Waals surface area (Å²) in [5, 5.41) is 0. The second-order valence-electron chi connectivity index (χ2n) is 3.64. The van der Waals surface area contributed by atoms with Crippen LogP contribution in [-0.2, 0) is 0 Å². The van der Waals surface area contributed by atoms with Crippen LogP contribution >= 0.6 is 0 Å². The van der Waals surface area contributed by atoms with Gasteiger partial charge in [-0.2, -0.15) is 0 Å². The Hall–Kier alpha value is -1.11. The molecule has 13 heavy (non-hydrogen) atoms. The van der Waals surface area contributed by atoms with Gasteiger partial charge in [0.05, 0.1) is 0 Å². The summed E-state index contributed by atoms with van der Waals surface area (Å²) in [7, 11) is 0. The van der Waals surface area contributed by atoms with Crippen molar-refractivity contribution in [3.05, 3.63) is 35.6 Å². The molecule has 0 amide bonds. The Morgan fingerprint density at radius 3 is 2.85 bits per heavy atom. The zero-order valence-corrected chi connectivity index (χ0v) is 8.03. The SMILES string of the molecule is CC1=CCCC=C1C1C=CN=CC1. The topological polar surface area (TPSA) is 12.4 Å². The van der Waals surface area contributed by atoms with Crippen molar-refractivity contribution in [2.75, 3.05) is 0 Å². The number of rotatable bonds is 1. The highest BCUT2D eigenvalue weighted by atomic mass is 14.7. The molecule has 0 N–H and O–H groups in total. The summed E-state index contributed by atoms with van der Waals surface area (Å²) in [6.07, 6.45) is 14.3. The van der Waals surface area contributed by atoms with Gasteiger partial charge in [0.15, 0.2) is 0 Å². The summed E-state index contributed by atoms with van der Waals surface area (Å²) < 4.78 is 0. The molecule has 0 aromatic rings. The second-order valence-corrected chi connectivity index (χ2v) is 3.64. The van der Waals surface area contributed by atoms with Gasteiger partial charge in [-0.15, -0.1) is 0 Å². The number of hydrogen-bond donors (Lipinski definition) is 0. The summed E-state index contributed by atoms with van der Waals surface area (Å²) in [6.45, 7) is 2.21. The number of allylic oxidation sites excluding steroid dienone is 5. The van der Waals surface area contributed by atoms with Crippen molar-refractivity contribution in [2.24, 2.45) is 10.9 Å². The molecule has 1 nitrogen and oxygen atoms in total. The molecule has 2 aliphatic rings. The van der Waals surface area contributed by atoms with Gasteiger partial charge in [0, 0.05) is 18.3 Å². The first-order valence-corrected chi connectivity index (χ1v) is 4.93. The fourth-order valence-electron chi connectivity index (χ4n) is 1.96. The molecule has 2 rings (SSSR count). The Labute approximate surface area is 79.6 Å². The summed E-state index contributed by atoms with van der Waals surface area (Å²) in [5.41, 5.74) is 2.96. The molecule has 0 bridgehead atoms. The van der Waals surface area contributed by atoms with Crippen molar-refractivity contribution in [2.45, 2.75) is 26.2 Å². The molecule has 1 heteroatoms. The minimum atomic E-state index is 0.578. The van der Waals surface area contributed by atoms with Crippen molar-refractivity contribution >= 4 is 6.21 Å². The van der Waals surface area contributed by atoms with Crippen LogP contribution in [0.2, 0.25) is 0 Å². The Kier molecular flexibility index (Phi) is 2.44. The molecular weight excluding hydrogens is 158 g/mol. The number of aliphatic imine (C=N–C) groups is 1. The first-order valence-electron chi connectivity index (χ1n) is 4.93. The third-order valence-electron chi connectivity index (χ3n) is 2.71. The molecule has 0 saturated carbocycles. The quantitative estimate of drug-likeness (QED) is 0.577. The van der Waals surface area contributed by atoms with Crippen LogP contribution in [0.4, 0.5) is 0 Å². The fraction of sp³-hybridized carbons (Fsp3) is 0.417. The minimum Gasteiger partial charge on any atom is -0.269 e. The van der Waals surface area contributed by atoms with Crippen molar-refractivity contribution in [1.29, 1.82) is 0 Å². The van der Waals surface area contributed by atoms with Gasteiger partial charge in [0.2, 0.25) is 0 Å². The predicted molar refractivity (Wildman–Crippen MR) is 56.8 cm³/mol. The van der Waals surface area contributed by atoms with Crippen LogP contribution in [0, 0.1) is 5.92 Å². The summed E-state index contributed by atoms with van der Waals surface area (Å²) in [5.74, 6) is 0.578. The third-order valence-corrected chi connectivity index (χ3v) is 2.71. The molecule has 1 unspecified atom stereocenters. The maximum Gasteiger partial charge on any atom is 0.0230 e. The molecule has 0 saturated heterocycles. The smallest absolute Gasteiger partial charge is 0.0230 e. The Morgan fingerprint density at radius 1 is 1.31 bits per heavy atom.